The predicted molar refractivity (Wildman–Crippen MR) is 87.6 cm³/mol. The fourth-order valence-electron chi connectivity index (χ4n) is 2.06. The third kappa shape index (κ3) is 5.46. The molecule has 0 aliphatic rings. The summed E-state index contributed by atoms with van der Waals surface area (Å²) in [6.45, 7) is 9.31. The normalized spacial score (nSPS) is 15.6. The van der Waals surface area contributed by atoms with E-state index in [0.29, 0.717) is 11.9 Å². The van der Waals surface area contributed by atoms with Crippen LogP contribution in [0.2, 0.25) is 0 Å². The van der Waals surface area contributed by atoms with E-state index in [0.717, 1.165) is 19.4 Å². The Morgan fingerprint density at radius 1 is 1.55 bits per heavy atom. The molecular formula is C15H25NO2S2. The molecule has 0 saturated heterocycles. The zero-order chi connectivity index (χ0) is 15.0. The zero-order valence-corrected chi connectivity index (χ0v) is 14.4. The van der Waals surface area contributed by atoms with Crippen molar-refractivity contribution in [2.45, 2.75) is 55.5 Å². The SMILES string of the molecule is CCCNC(C)(CC(C)Sc1cccs1)C(=O)OCC. The van der Waals surface area contributed by atoms with Gasteiger partial charge < -0.3 is 10.1 Å². The Labute approximate surface area is 130 Å². The second-order valence-corrected chi connectivity index (χ2v) is 7.73. The lowest BCUT2D eigenvalue weighted by atomic mass is 9.96. The number of esters is 1. The summed E-state index contributed by atoms with van der Waals surface area (Å²) in [5, 5.41) is 5.79. The second kappa shape index (κ2) is 8.70. The molecule has 0 fully saturated rings. The van der Waals surface area contributed by atoms with Gasteiger partial charge in [-0.3, -0.25) is 4.79 Å². The largest absolute Gasteiger partial charge is 0.465 e. The van der Waals surface area contributed by atoms with Gasteiger partial charge in [0.2, 0.25) is 0 Å². The van der Waals surface area contributed by atoms with Gasteiger partial charge in [-0.25, -0.2) is 0 Å². The molecule has 2 unspecified atom stereocenters. The Hall–Kier alpha value is -0.520. The average Bonchev–Trinajstić information content (AvgIpc) is 2.89. The number of rotatable bonds is 9. The lowest BCUT2D eigenvalue weighted by Gasteiger charge is -2.30. The standard InChI is InChI=1S/C15H25NO2S2/c1-5-9-16-15(4,14(17)18-6-2)11-12(3)20-13-8-7-10-19-13/h7-8,10,12,16H,5-6,9,11H2,1-4H3. The summed E-state index contributed by atoms with van der Waals surface area (Å²) in [4.78, 5) is 12.2. The van der Waals surface area contributed by atoms with Crippen LogP contribution in [0.4, 0.5) is 0 Å². The zero-order valence-electron chi connectivity index (χ0n) is 12.8. The Morgan fingerprint density at radius 2 is 2.30 bits per heavy atom. The monoisotopic (exact) mass is 315 g/mol. The van der Waals surface area contributed by atoms with Crippen LogP contribution < -0.4 is 5.32 Å². The van der Waals surface area contributed by atoms with Crippen molar-refractivity contribution in [2.75, 3.05) is 13.2 Å². The summed E-state index contributed by atoms with van der Waals surface area (Å²) in [7, 11) is 0. The average molecular weight is 316 g/mol. The first-order valence-electron chi connectivity index (χ1n) is 7.14. The Morgan fingerprint density at radius 3 is 2.85 bits per heavy atom. The van der Waals surface area contributed by atoms with E-state index in [1.807, 2.05) is 25.6 Å². The molecule has 114 valence electrons. The van der Waals surface area contributed by atoms with Crippen molar-refractivity contribution in [2.24, 2.45) is 0 Å². The van der Waals surface area contributed by atoms with Gasteiger partial charge in [0.05, 0.1) is 10.8 Å². The van der Waals surface area contributed by atoms with Gasteiger partial charge in [-0.2, -0.15) is 0 Å². The lowest BCUT2D eigenvalue weighted by Crippen LogP contribution is -2.52. The van der Waals surface area contributed by atoms with Crippen LogP contribution in [0.25, 0.3) is 0 Å². The summed E-state index contributed by atoms with van der Waals surface area (Å²) in [6.07, 6.45) is 1.76. The molecule has 0 aliphatic carbocycles. The van der Waals surface area contributed by atoms with Gasteiger partial charge in [0.15, 0.2) is 0 Å². The molecule has 0 bridgehead atoms. The topological polar surface area (TPSA) is 38.3 Å². The first-order valence-corrected chi connectivity index (χ1v) is 8.90. The number of hydrogen-bond donors (Lipinski definition) is 1. The third-order valence-corrected chi connectivity index (χ3v) is 5.18. The molecule has 1 heterocycles. The maximum absolute atomic E-state index is 12.2. The number of thioether (sulfide) groups is 1. The van der Waals surface area contributed by atoms with E-state index in [1.54, 1.807) is 11.3 Å². The van der Waals surface area contributed by atoms with Gasteiger partial charge in [-0.1, -0.05) is 19.9 Å². The quantitative estimate of drug-likeness (QED) is 0.553. The second-order valence-electron chi connectivity index (χ2n) is 5.04. The summed E-state index contributed by atoms with van der Waals surface area (Å²) >= 11 is 3.56. The Kier molecular flexibility index (Phi) is 7.62. The minimum absolute atomic E-state index is 0.146. The summed E-state index contributed by atoms with van der Waals surface area (Å²) < 4.78 is 6.52. The number of ether oxygens (including phenoxy) is 1. The molecule has 1 N–H and O–H groups in total. The molecule has 1 aromatic rings. The van der Waals surface area contributed by atoms with Crippen molar-refractivity contribution >= 4 is 29.1 Å². The fourth-order valence-corrected chi connectivity index (χ4v) is 4.36. The molecule has 5 heteroatoms. The van der Waals surface area contributed by atoms with Crippen LogP contribution in [0.15, 0.2) is 21.7 Å². The molecule has 0 amide bonds. The molecule has 0 aromatic carbocycles. The highest BCUT2D eigenvalue weighted by atomic mass is 32.2. The van der Waals surface area contributed by atoms with Crippen molar-refractivity contribution < 1.29 is 9.53 Å². The number of carbonyl (C=O) groups is 1. The number of hydrogen-bond acceptors (Lipinski definition) is 5. The summed E-state index contributed by atoms with van der Waals surface area (Å²) in [5.74, 6) is -0.146. The van der Waals surface area contributed by atoms with Crippen LogP contribution in [0.3, 0.4) is 0 Å². The minimum Gasteiger partial charge on any atom is -0.465 e. The first kappa shape index (κ1) is 17.5. The van der Waals surface area contributed by atoms with Crippen LogP contribution in [-0.4, -0.2) is 29.9 Å². The molecule has 0 radical (unpaired) electrons. The smallest absolute Gasteiger partial charge is 0.326 e. The number of nitrogens with one attached hydrogen (secondary N) is 1. The van der Waals surface area contributed by atoms with Gasteiger partial charge in [-0.05, 0) is 44.7 Å². The van der Waals surface area contributed by atoms with E-state index in [4.69, 9.17) is 4.74 Å². The first-order chi connectivity index (χ1) is 9.51. The summed E-state index contributed by atoms with van der Waals surface area (Å²) in [6, 6.07) is 4.17. The maximum Gasteiger partial charge on any atom is 0.326 e. The van der Waals surface area contributed by atoms with Crippen molar-refractivity contribution in [3.63, 3.8) is 0 Å². The molecule has 0 saturated carbocycles. The minimum atomic E-state index is -0.601. The molecule has 2 atom stereocenters. The van der Waals surface area contributed by atoms with Crippen molar-refractivity contribution in [1.82, 2.24) is 5.32 Å². The molecule has 3 nitrogen and oxygen atoms in total. The highest BCUT2D eigenvalue weighted by molar-refractivity contribution is 8.01. The van der Waals surface area contributed by atoms with Gasteiger partial charge in [0.1, 0.15) is 5.54 Å². The number of carbonyl (C=O) groups excluding carboxylic acids is 1. The predicted octanol–water partition coefficient (Wildman–Crippen LogP) is 3.94. The van der Waals surface area contributed by atoms with E-state index in [2.05, 4.69) is 36.7 Å². The Bertz CT molecular complexity index is 395. The van der Waals surface area contributed by atoms with Crippen LogP contribution in [-0.2, 0) is 9.53 Å². The number of thiophene rings is 1. The molecule has 20 heavy (non-hydrogen) atoms. The van der Waals surface area contributed by atoms with Crippen molar-refractivity contribution in [3.05, 3.63) is 17.5 Å². The van der Waals surface area contributed by atoms with Gasteiger partial charge in [-0.15, -0.1) is 23.1 Å². The van der Waals surface area contributed by atoms with Crippen molar-refractivity contribution in [1.29, 1.82) is 0 Å². The van der Waals surface area contributed by atoms with Crippen molar-refractivity contribution in [3.8, 4) is 0 Å². The highest BCUT2D eigenvalue weighted by Crippen LogP contribution is 2.32. The fraction of sp³-hybridized carbons (Fsp3) is 0.667. The highest BCUT2D eigenvalue weighted by Gasteiger charge is 2.35. The molecule has 1 rings (SSSR count). The lowest BCUT2D eigenvalue weighted by molar-refractivity contribution is -0.150. The van der Waals surface area contributed by atoms with E-state index in [-0.39, 0.29) is 5.97 Å². The van der Waals surface area contributed by atoms with E-state index < -0.39 is 5.54 Å². The molecule has 0 aliphatic heterocycles. The van der Waals surface area contributed by atoms with E-state index in [1.165, 1.54) is 4.21 Å². The Balaban J connectivity index is 2.64. The van der Waals surface area contributed by atoms with Gasteiger partial charge >= 0.3 is 5.97 Å². The van der Waals surface area contributed by atoms with Crippen LogP contribution in [0.1, 0.15) is 40.5 Å². The molecule has 0 spiro atoms. The molecule has 1 aromatic heterocycles. The van der Waals surface area contributed by atoms with Gasteiger partial charge in [0, 0.05) is 5.25 Å². The summed E-state index contributed by atoms with van der Waals surface area (Å²) in [5.41, 5.74) is -0.601. The van der Waals surface area contributed by atoms with Crippen LogP contribution in [0, 0.1) is 0 Å². The maximum atomic E-state index is 12.2. The third-order valence-electron chi connectivity index (χ3n) is 3.00. The molecular weight excluding hydrogens is 290 g/mol. The van der Waals surface area contributed by atoms with E-state index in [9.17, 15) is 4.79 Å². The van der Waals surface area contributed by atoms with E-state index >= 15 is 0 Å². The van der Waals surface area contributed by atoms with Crippen LogP contribution in [0.5, 0.6) is 0 Å². The van der Waals surface area contributed by atoms with Crippen LogP contribution >= 0.6 is 23.1 Å². The van der Waals surface area contributed by atoms with Gasteiger partial charge in [0.25, 0.3) is 0 Å².